The van der Waals surface area contributed by atoms with Crippen molar-refractivity contribution in [2.75, 3.05) is 31.2 Å². The van der Waals surface area contributed by atoms with E-state index >= 15 is 0 Å². The maximum Gasteiger partial charge on any atom is 0.246 e. The van der Waals surface area contributed by atoms with Crippen molar-refractivity contribution in [2.45, 2.75) is 13.3 Å². The van der Waals surface area contributed by atoms with Gasteiger partial charge in [0.25, 0.3) is 0 Å². The van der Waals surface area contributed by atoms with E-state index in [9.17, 15) is 9.18 Å². The first kappa shape index (κ1) is 17.5. The number of halogens is 1. The fourth-order valence-corrected chi connectivity index (χ4v) is 3.26. The van der Waals surface area contributed by atoms with E-state index < -0.39 is 0 Å². The molecule has 1 aromatic carbocycles. The van der Waals surface area contributed by atoms with E-state index in [-0.39, 0.29) is 18.1 Å². The lowest BCUT2D eigenvalue weighted by molar-refractivity contribution is -0.120. The van der Waals surface area contributed by atoms with E-state index in [2.05, 4.69) is 20.4 Å². The number of nitrogens with one attached hydrogen (secondary N) is 1. The van der Waals surface area contributed by atoms with E-state index in [1.165, 1.54) is 23.5 Å². The van der Waals surface area contributed by atoms with Crippen LogP contribution in [0.4, 0.5) is 9.52 Å². The zero-order valence-electron chi connectivity index (χ0n) is 13.9. The first-order valence-corrected chi connectivity index (χ1v) is 8.86. The van der Waals surface area contributed by atoms with Gasteiger partial charge in [0.15, 0.2) is 5.13 Å². The molecule has 0 unspecified atom stereocenters. The third-order valence-corrected chi connectivity index (χ3v) is 4.72. The number of benzene rings is 1. The predicted molar refractivity (Wildman–Crippen MR) is 95.6 cm³/mol. The van der Waals surface area contributed by atoms with Crippen LogP contribution in [0.5, 0.6) is 0 Å². The summed E-state index contributed by atoms with van der Waals surface area (Å²) in [7, 11) is 0. The highest BCUT2D eigenvalue weighted by Gasteiger charge is 2.15. The summed E-state index contributed by atoms with van der Waals surface area (Å²) in [5.41, 5.74) is 4.61. The van der Waals surface area contributed by atoms with E-state index in [0.29, 0.717) is 18.9 Å². The van der Waals surface area contributed by atoms with E-state index in [1.807, 2.05) is 5.38 Å². The average molecular weight is 362 g/mol. The molecule has 3 rings (SSSR count). The summed E-state index contributed by atoms with van der Waals surface area (Å²) in [5.74, 6) is -0.541. The lowest BCUT2D eigenvalue weighted by Crippen LogP contribution is -2.36. The summed E-state index contributed by atoms with van der Waals surface area (Å²) in [6.45, 7) is 4.80. The first-order valence-electron chi connectivity index (χ1n) is 7.98. The molecule has 0 spiro atoms. The summed E-state index contributed by atoms with van der Waals surface area (Å²) < 4.78 is 18.2. The van der Waals surface area contributed by atoms with Gasteiger partial charge in [0.1, 0.15) is 5.82 Å². The maximum atomic E-state index is 12.9. The van der Waals surface area contributed by atoms with Crippen LogP contribution in [0.1, 0.15) is 18.2 Å². The average Bonchev–Trinajstić information content (AvgIpc) is 3.09. The number of hydrogen-bond acceptors (Lipinski definition) is 6. The molecule has 0 aliphatic carbocycles. The van der Waals surface area contributed by atoms with Gasteiger partial charge in [-0.15, -0.1) is 11.3 Å². The third-order valence-electron chi connectivity index (χ3n) is 3.77. The van der Waals surface area contributed by atoms with Gasteiger partial charge in [-0.05, 0) is 24.6 Å². The molecular formula is C17H19FN4O2S. The molecule has 1 aromatic heterocycles. The van der Waals surface area contributed by atoms with E-state index in [1.54, 1.807) is 19.1 Å². The second-order valence-electron chi connectivity index (χ2n) is 5.64. The molecule has 8 heteroatoms. The normalized spacial score (nSPS) is 15.3. The van der Waals surface area contributed by atoms with Gasteiger partial charge in [0.2, 0.25) is 5.91 Å². The Morgan fingerprint density at radius 3 is 2.80 bits per heavy atom. The minimum Gasteiger partial charge on any atom is -0.378 e. The highest BCUT2D eigenvalue weighted by Crippen LogP contribution is 2.21. The van der Waals surface area contributed by atoms with Gasteiger partial charge in [-0.3, -0.25) is 4.79 Å². The molecule has 2 heterocycles. The molecule has 0 saturated carbocycles. The van der Waals surface area contributed by atoms with Crippen molar-refractivity contribution in [1.82, 2.24) is 10.4 Å². The zero-order valence-corrected chi connectivity index (χ0v) is 14.7. The molecule has 2 aromatic rings. The number of hydrogen-bond donors (Lipinski definition) is 1. The largest absolute Gasteiger partial charge is 0.378 e. The molecule has 0 radical (unpaired) electrons. The summed E-state index contributed by atoms with van der Waals surface area (Å²) in [5, 5.41) is 6.86. The highest BCUT2D eigenvalue weighted by molar-refractivity contribution is 7.13. The molecule has 132 valence electrons. The lowest BCUT2D eigenvalue weighted by atomic mass is 10.1. The molecule has 1 amide bonds. The number of rotatable bonds is 5. The minimum absolute atomic E-state index is 0.168. The van der Waals surface area contributed by atoms with Gasteiger partial charge < -0.3 is 9.64 Å². The summed E-state index contributed by atoms with van der Waals surface area (Å²) in [6.07, 6.45) is 0.168. The highest BCUT2D eigenvalue weighted by atomic mass is 32.1. The van der Waals surface area contributed by atoms with Crippen LogP contribution in [0.2, 0.25) is 0 Å². The second-order valence-corrected chi connectivity index (χ2v) is 6.47. The monoisotopic (exact) mass is 362 g/mol. The standard InChI is InChI=1S/C17H19FN4O2S/c1-12(13-2-4-14(18)5-3-13)20-21-16(23)10-15-11-25-17(19-15)22-6-8-24-9-7-22/h2-5,11H,6-10H2,1H3,(H,21,23)/b20-12-. The number of nitrogens with zero attached hydrogens (tertiary/aromatic N) is 3. The van der Waals surface area contributed by atoms with Crippen molar-refractivity contribution in [1.29, 1.82) is 0 Å². The Labute approximate surface area is 149 Å². The van der Waals surface area contributed by atoms with Crippen molar-refractivity contribution in [3.05, 3.63) is 46.7 Å². The number of ether oxygens (including phenoxy) is 1. The fraction of sp³-hybridized carbons (Fsp3) is 0.353. The predicted octanol–water partition coefficient (Wildman–Crippen LogP) is 2.20. The molecule has 1 aliphatic heterocycles. The van der Waals surface area contributed by atoms with Crippen LogP contribution >= 0.6 is 11.3 Å². The van der Waals surface area contributed by atoms with Crippen LogP contribution in [-0.2, 0) is 16.0 Å². The van der Waals surface area contributed by atoms with Crippen molar-refractivity contribution in [3.63, 3.8) is 0 Å². The number of amides is 1. The number of carbonyl (C=O) groups is 1. The second kappa shape index (κ2) is 8.17. The maximum absolute atomic E-state index is 12.9. The number of anilines is 1. The SMILES string of the molecule is C/C(=N/NC(=O)Cc1csc(N2CCOCC2)n1)c1ccc(F)cc1. The summed E-state index contributed by atoms with van der Waals surface area (Å²) >= 11 is 1.53. The Hall–Kier alpha value is -2.32. The van der Waals surface area contributed by atoms with E-state index in [4.69, 9.17) is 4.74 Å². The van der Waals surface area contributed by atoms with Crippen molar-refractivity contribution in [2.24, 2.45) is 5.10 Å². The van der Waals surface area contributed by atoms with Crippen molar-refractivity contribution >= 4 is 28.1 Å². The van der Waals surface area contributed by atoms with Crippen molar-refractivity contribution < 1.29 is 13.9 Å². The number of aromatic nitrogens is 1. The Morgan fingerprint density at radius 2 is 2.08 bits per heavy atom. The van der Waals surface area contributed by atoms with E-state index in [0.717, 1.165) is 29.5 Å². The molecular weight excluding hydrogens is 343 g/mol. The Morgan fingerprint density at radius 1 is 1.36 bits per heavy atom. The number of thiazole rings is 1. The van der Waals surface area contributed by atoms with Gasteiger partial charge in [-0.2, -0.15) is 5.10 Å². The van der Waals surface area contributed by atoms with Crippen LogP contribution < -0.4 is 10.3 Å². The number of morpholine rings is 1. The molecule has 0 atom stereocenters. The van der Waals surface area contributed by atoms with Crippen LogP contribution in [-0.4, -0.2) is 42.9 Å². The lowest BCUT2D eigenvalue weighted by Gasteiger charge is -2.26. The van der Waals surface area contributed by atoms with Crippen LogP contribution in [0, 0.1) is 5.82 Å². The molecule has 1 N–H and O–H groups in total. The number of carbonyl (C=O) groups excluding carboxylic acids is 1. The Kier molecular flexibility index (Phi) is 5.72. The molecule has 1 aliphatic rings. The molecule has 6 nitrogen and oxygen atoms in total. The third kappa shape index (κ3) is 4.83. The zero-order chi connectivity index (χ0) is 17.6. The van der Waals surface area contributed by atoms with Gasteiger partial charge in [0, 0.05) is 18.5 Å². The van der Waals surface area contributed by atoms with Crippen molar-refractivity contribution in [3.8, 4) is 0 Å². The Bertz CT molecular complexity index is 754. The van der Waals surface area contributed by atoms with Gasteiger partial charge in [-0.25, -0.2) is 14.8 Å². The first-order chi connectivity index (χ1) is 12.1. The topological polar surface area (TPSA) is 66.8 Å². The smallest absolute Gasteiger partial charge is 0.246 e. The molecule has 1 fully saturated rings. The van der Waals surface area contributed by atoms with Gasteiger partial charge >= 0.3 is 0 Å². The number of hydrazone groups is 1. The quantitative estimate of drug-likeness (QED) is 0.654. The minimum atomic E-state index is -0.305. The van der Waals surface area contributed by atoms with Crippen LogP contribution in [0.15, 0.2) is 34.7 Å². The Balaban J connectivity index is 1.54. The van der Waals surface area contributed by atoms with Crippen LogP contribution in [0.3, 0.4) is 0 Å². The fourth-order valence-electron chi connectivity index (χ4n) is 2.38. The molecule has 1 saturated heterocycles. The van der Waals surface area contributed by atoms with Gasteiger partial charge in [-0.1, -0.05) is 12.1 Å². The van der Waals surface area contributed by atoms with Gasteiger partial charge in [0.05, 0.1) is 31.0 Å². The molecule has 25 heavy (non-hydrogen) atoms. The van der Waals surface area contributed by atoms with Crippen LogP contribution in [0.25, 0.3) is 0 Å². The summed E-state index contributed by atoms with van der Waals surface area (Å²) in [6, 6.07) is 5.96. The molecule has 0 bridgehead atoms. The summed E-state index contributed by atoms with van der Waals surface area (Å²) in [4.78, 5) is 18.7.